The standard InChI is InChI=1S/C23H27F3N4/c1-4-5-9-30(3)15-19-14-28-29-22(19)21-12-20(23(24,25)26)11-18(16(21)2)10-17-7-6-8-27-13-17/h6-8,11-14H,4-5,9-10,15H2,1-3H3,(H,28,29). The molecule has 30 heavy (non-hydrogen) atoms. The Bertz CT molecular complexity index is 964. The largest absolute Gasteiger partial charge is 0.416 e. The van der Waals surface area contributed by atoms with Crippen molar-refractivity contribution < 1.29 is 13.2 Å². The van der Waals surface area contributed by atoms with Gasteiger partial charge in [0.2, 0.25) is 0 Å². The Morgan fingerprint density at radius 1 is 1.13 bits per heavy atom. The molecule has 0 fully saturated rings. The molecule has 4 nitrogen and oxygen atoms in total. The number of hydrogen-bond donors (Lipinski definition) is 1. The molecular weight excluding hydrogens is 389 g/mol. The van der Waals surface area contributed by atoms with Gasteiger partial charge in [0.15, 0.2) is 0 Å². The van der Waals surface area contributed by atoms with Gasteiger partial charge in [-0.05, 0) is 68.2 Å². The highest BCUT2D eigenvalue weighted by atomic mass is 19.4. The summed E-state index contributed by atoms with van der Waals surface area (Å²) in [6.45, 7) is 5.55. The van der Waals surface area contributed by atoms with Crippen LogP contribution in [0.1, 0.15) is 47.6 Å². The van der Waals surface area contributed by atoms with Gasteiger partial charge in [0, 0.05) is 30.1 Å². The number of unbranched alkanes of at least 4 members (excludes halogenated alkanes) is 1. The maximum Gasteiger partial charge on any atom is 0.416 e. The zero-order valence-electron chi connectivity index (χ0n) is 17.6. The molecular formula is C23H27F3N4. The van der Waals surface area contributed by atoms with Crippen LogP contribution in [0.4, 0.5) is 13.2 Å². The predicted octanol–water partition coefficient (Wildman–Crippen LogP) is 5.62. The lowest BCUT2D eigenvalue weighted by Gasteiger charge is -2.19. The minimum absolute atomic E-state index is 0.385. The fourth-order valence-electron chi connectivity index (χ4n) is 3.57. The van der Waals surface area contributed by atoms with E-state index >= 15 is 0 Å². The fourth-order valence-corrected chi connectivity index (χ4v) is 3.57. The van der Waals surface area contributed by atoms with Gasteiger partial charge >= 0.3 is 6.18 Å². The molecule has 0 bridgehead atoms. The van der Waals surface area contributed by atoms with E-state index in [2.05, 4.69) is 27.0 Å². The van der Waals surface area contributed by atoms with E-state index in [9.17, 15) is 13.2 Å². The zero-order chi connectivity index (χ0) is 21.7. The normalized spacial score (nSPS) is 12.0. The highest BCUT2D eigenvalue weighted by Gasteiger charge is 2.32. The second kappa shape index (κ2) is 9.43. The van der Waals surface area contributed by atoms with Gasteiger partial charge in [-0.2, -0.15) is 18.3 Å². The Balaban J connectivity index is 2.02. The van der Waals surface area contributed by atoms with Crippen LogP contribution in [0.25, 0.3) is 11.3 Å². The molecule has 1 N–H and O–H groups in total. The van der Waals surface area contributed by atoms with Gasteiger partial charge in [0.25, 0.3) is 0 Å². The van der Waals surface area contributed by atoms with Gasteiger partial charge in [-0.1, -0.05) is 19.4 Å². The van der Waals surface area contributed by atoms with Crippen LogP contribution in [0.3, 0.4) is 0 Å². The van der Waals surface area contributed by atoms with Gasteiger partial charge < -0.3 is 4.90 Å². The van der Waals surface area contributed by atoms with E-state index in [0.29, 0.717) is 29.8 Å². The third-order valence-corrected chi connectivity index (χ3v) is 5.28. The molecule has 0 aliphatic carbocycles. The Morgan fingerprint density at radius 3 is 2.60 bits per heavy atom. The first-order chi connectivity index (χ1) is 14.3. The van der Waals surface area contributed by atoms with E-state index in [1.165, 1.54) is 12.1 Å². The minimum Gasteiger partial charge on any atom is -0.302 e. The molecule has 1 aromatic carbocycles. The summed E-state index contributed by atoms with van der Waals surface area (Å²) < 4.78 is 41.0. The number of halogens is 3. The monoisotopic (exact) mass is 416 g/mol. The van der Waals surface area contributed by atoms with E-state index in [0.717, 1.165) is 36.1 Å². The minimum atomic E-state index is -4.43. The lowest BCUT2D eigenvalue weighted by atomic mass is 9.92. The molecule has 0 amide bonds. The quantitative estimate of drug-likeness (QED) is 0.518. The lowest BCUT2D eigenvalue weighted by Crippen LogP contribution is -2.19. The van der Waals surface area contributed by atoms with Crippen LogP contribution < -0.4 is 0 Å². The molecule has 0 saturated heterocycles. The molecule has 3 rings (SSSR count). The zero-order valence-corrected chi connectivity index (χ0v) is 17.6. The molecule has 7 heteroatoms. The number of aromatic nitrogens is 3. The second-order valence-corrected chi connectivity index (χ2v) is 7.71. The molecule has 0 radical (unpaired) electrons. The van der Waals surface area contributed by atoms with Gasteiger partial charge in [-0.3, -0.25) is 10.1 Å². The summed E-state index contributed by atoms with van der Waals surface area (Å²) >= 11 is 0. The van der Waals surface area contributed by atoms with Crippen molar-refractivity contribution in [1.29, 1.82) is 0 Å². The number of aromatic amines is 1. The molecule has 3 aromatic rings. The number of pyridine rings is 1. The molecule has 0 aliphatic heterocycles. The molecule has 2 heterocycles. The average Bonchev–Trinajstić information content (AvgIpc) is 3.15. The highest BCUT2D eigenvalue weighted by molar-refractivity contribution is 5.69. The third-order valence-electron chi connectivity index (χ3n) is 5.28. The topological polar surface area (TPSA) is 44.8 Å². The van der Waals surface area contributed by atoms with E-state index in [4.69, 9.17) is 0 Å². The average molecular weight is 416 g/mol. The number of alkyl halides is 3. The van der Waals surface area contributed by atoms with Crippen molar-refractivity contribution in [2.75, 3.05) is 13.6 Å². The molecule has 2 aromatic heterocycles. The highest BCUT2D eigenvalue weighted by Crippen LogP contribution is 2.37. The summed E-state index contributed by atoms with van der Waals surface area (Å²) in [5, 5.41) is 7.07. The maximum atomic E-state index is 13.7. The summed E-state index contributed by atoms with van der Waals surface area (Å²) in [7, 11) is 2.01. The maximum absolute atomic E-state index is 13.7. The number of nitrogens with one attached hydrogen (secondary N) is 1. The van der Waals surface area contributed by atoms with E-state index in [-0.39, 0.29) is 0 Å². The molecule has 0 unspecified atom stereocenters. The number of rotatable bonds is 8. The SMILES string of the molecule is CCCCN(C)Cc1cn[nH]c1-c1cc(C(F)(F)F)cc(Cc2cccnc2)c1C. The van der Waals surface area contributed by atoms with E-state index in [1.807, 2.05) is 20.0 Å². The Labute approximate surface area is 175 Å². The van der Waals surface area contributed by atoms with Crippen LogP contribution in [0.15, 0.2) is 42.9 Å². The van der Waals surface area contributed by atoms with Crippen molar-refractivity contribution in [1.82, 2.24) is 20.1 Å². The van der Waals surface area contributed by atoms with Crippen molar-refractivity contribution in [3.05, 3.63) is 70.7 Å². The van der Waals surface area contributed by atoms with Gasteiger partial charge in [-0.15, -0.1) is 0 Å². The van der Waals surface area contributed by atoms with Crippen LogP contribution in [0, 0.1) is 6.92 Å². The lowest BCUT2D eigenvalue weighted by molar-refractivity contribution is -0.137. The van der Waals surface area contributed by atoms with E-state index < -0.39 is 11.7 Å². The van der Waals surface area contributed by atoms with Crippen LogP contribution in [-0.4, -0.2) is 33.7 Å². The second-order valence-electron chi connectivity index (χ2n) is 7.71. The van der Waals surface area contributed by atoms with Crippen molar-refractivity contribution in [3.8, 4) is 11.3 Å². The summed E-state index contributed by atoms with van der Waals surface area (Å²) in [5.74, 6) is 0. The summed E-state index contributed by atoms with van der Waals surface area (Å²) in [4.78, 5) is 6.25. The van der Waals surface area contributed by atoms with E-state index in [1.54, 1.807) is 24.7 Å². The Morgan fingerprint density at radius 2 is 1.93 bits per heavy atom. The van der Waals surface area contributed by atoms with Crippen LogP contribution in [0.5, 0.6) is 0 Å². The van der Waals surface area contributed by atoms with Crippen LogP contribution >= 0.6 is 0 Å². The summed E-state index contributed by atoms with van der Waals surface area (Å²) in [5.41, 5.74) is 3.75. The number of hydrogen-bond acceptors (Lipinski definition) is 3. The molecule has 0 spiro atoms. The van der Waals surface area contributed by atoms with Crippen molar-refractivity contribution >= 4 is 0 Å². The fraction of sp³-hybridized carbons (Fsp3) is 0.391. The number of benzene rings is 1. The number of H-pyrrole nitrogens is 1. The first-order valence-corrected chi connectivity index (χ1v) is 10.1. The molecule has 160 valence electrons. The van der Waals surface area contributed by atoms with Crippen molar-refractivity contribution in [2.45, 2.75) is 45.8 Å². The first-order valence-electron chi connectivity index (χ1n) is 10.1. The predicted molar refractivity (Wildman–Crippen MR) is 112 cm³/mol. The Kier molecular flexibility index (Phi) is 6.92. The van der Waals surface area contributed by atoms with Gasteiger partial charge in [-0.25, -0.2) is 0 Å². The summed E-state index contributed by atoms with van der Waals surface area (Å²) in [6, 6.07) is 6.13. The first kappa shape index (κ1) is 22.0. The van der Waals surface area contributed by atoms with Crippen LogP contribution in [0.2, 0.25) is 0 Å². The summed E-state index contributed by atoms with van der Waals surface area (Å²) in [6.07, 6.45) is 3.16. The van der Waals surface area contributed by atoms with Gasteiger partial charge in [0.1, 0.15) is 0 Å². The number of nitrogens with zero attached hydrogens (tertiary/aromatic N) is 3. The van der Waals surface area contributed by atoms with Crippen LogP contribution in [-0.2, 0) is 19.1 Å². The Hall–Kier alpha value is -2.67. The van der Waals surface area contributed by atoms with Gasteiger partial charge in [0.05, 0.1) is 17.5 Å². The van der Waals surface area contributed by atoms with Crippen molar-refractivity contribution in [2.24, 2.45) is 0 Å². The third kappa shape index (κ3) is 5.27. The molecule has 0 saturated carbocycles. The van der Waals surface area contributed by atoms with Crippen molar-refractivity contribution in [3.63, 3.8) is 0 Å². The molecule has 0 aliphatic rings. The smallest absolute Gasteiger partial charge is 0.302 e. The molecule has 0 atom stereocenters.